The Hall–Kier alpha value is -7.56. The molecule has 0 saturated carbocycles. The summed E-state index contributed by atoms with van der Waals surface area (Å²) in [6.45, 7) is 4.71. The van der Waals surface area contributed by atoms with Crippen LogP contribution in [-0.4, -0.2) is 14.5 Å². The summed E-state index contributed by atoms with van der Waals surface area (Å²) >= 11 is 0. The SMILES string of the molecule is CC1(C)c2ccccc2-c2cc3c4ccccc4n(-c4cccc5oc6ccc(-c7ccc(-c8nc(-c9ccccc9)cc(-c9ccccc9)n8)cc7)cc6c45)c3cc21. The average molecular weight is 756 g/mol. The second-order valence-electron chi connectivity index (χ2n) is 16.2. The van der Waals surface area contributed by atoms with Crippen LogP contribution in [0.4, 0.5) is 0 Å². The van der Waals surface area contributed by atoms with Crippen LogP contribution >= 0.6 is 0 Å². The maximum Gasteiger partial charge on any atom is 0.160 e. The predicted octanol–water partition coefficient (Wildman–Crippen LogP) is 14.4. The van der Waals surface area contributed by atoms with Gasteiger partial charge in [-0.05, 0) is 81.9 Å². The normalized spacial score (nSPS) is 13.1. The highest BCUT2D eigenvalue weighted by Crippen LogP contribution is 2.51. The second kappa shape index (κ2) is 12.7. The standard InChI is InChI=1S/C55H37N3O/c1-55(2)44-20-11-9-18-39(44)41-31-42-40-19-10-12-21-48(40)58(50(42)32-45(41)55)49-22-13-23-52-53(49)43-30-38(28-29-51(43)59-52)34-24-26-37(27-25-34)54-56-46(35-14-5-3-6-15-35)33-47(57-54)36-16-7-4-8-17-36/h3-33H,1-2H3. The number of rotatable bonds is 5. The molecule has 1 aliphatic rings. The van der Waals surface area contributed by atoms with E-state index in [9.17, 15) is 0 Å². The van der Waals surface area contributed by atoms with Crippen LogP contribution in [0.15, 0.2) is 192 Å². The molecule has 0 atom stereocenters. The lowest BCUT2D eigenvalue weighted by Crippen LogP contribution is -2.14. The fraction of sp³-hybridized carbons (Fsp3) is 0.0545. The highest BCUT2D eigenvalue weighted by Gasteiger charge is 2.36. The van der Waals surface area contributed by atoms with Gasteiger partial charge < -0.3 is 8.98 Å². The molecule has 0 radical (unpaired) electrons. The van der Waals surface area contributed by atoms with Crippen LogP contribution in [0.3, 0.4) is 0 Å². The number of fused-ring (bicyclic) bond motifs is 9. The third kappa shape index (κ3) is 5.16. The van der Waals surface area contributed by atoms with Crippen molar-refractivity contribution in [2.24, 2.45) is 0 Å². The lowest BCUT2D eigenvalue weighted by molar-refractivity contribution is 0.661. The van der Waals surface area contributed by atoms with E-state index in [1.165, 1.54) is 44.1 Å². The minimum atomic E-state index is -0.110. The molecule has 12 rings (SSSR count). The van der Waals surface area contributed by atoms with E-state index in [0.717, 1.165) is 66.8 Å². The molecule has 0 bridgehead atoms. The van der Waals surface area contributed by atoms with Gasteiger partial charge in [0.1, 0.15) is 11.2 Å². The Morgan fingerprint density at radius 1 is 0.424 bits per heavy atom. The van der Waals surface area contributed by atoms with Gasteiger partial charge in [0.05, 0.1) is 33.5 Å². The molecule has 0 N–H and O–H groups in total. The molecule has 0 spiro atoms. The third-order valence-corrected chi connectivity index (χ3v) is 12.4. The Kier molecular flexibility index (Phi) is 7.24. The molecule has 3 aromatic heterocycles. The van der Waals surface area contributed by atoms with Crippen molar-refractivity contribution in [2.75, 3.05) is 0 Å². The van der Waals surface area contributed by atoms with Gasteiger partial charge in [-0.2, -0.15) is 0 Å². The van der Waals surface area contributed by atoms with Crippen LogP contribution < -0.4 is 0 Å². The van der Waals surface area contributed by atoms with E-state index < -0.39 is 0 Å². The number of para-hydroxylation sites is 1. The molecular formula is C55H37N3O. The first-order valence-corrected chi connectivity index (χ1v) is 20.2. The topological polar surface area (TPSA) is 43.9 Å². The first kappa shape index (κ1) is 33.6. The minimum absolute atomic E-state index is 0.110. The molecule has 278 valence electrons. The Balaban J connectivity index is 0.993. The van der Waals surface area contributed by atoms with Crippen molar-refractivity contribution in [3.05, 3.63) is 199 Å². The average Bonchev–Trinajstić information content (AvgIpc) is 3.91. The molecule has 0 amide bonds. The van der Waals surface area contributed by atoms with Gasteiger partial charge >= 0.3 is 0 Å². The monoisotopic (exact) mass is 755 g/mol. The Bertz CT molecular complexity index is 3390. The summed E-state index contributed by atoms with van der Waals surface area (Å²) in [5.74, 6) is 0.696. The summed E-state index contributed by atoms with van der Waals surface area (Å²) in [5.41, 5.74) is 17.6. The number of aromatic nitrogens is 3. The summed E-state index contributed by atoms with van der Waals surface area (Å²) in [6.07, 6.45) is 0. The molecule has 1 aliphatic carbocycles. The second-order valence-corrected chi connectivity index (χ2v) is 16.2. The molecule has 11 aromatic rings. The smallest absolute Gasteiger partial charge is 0.160 e. The summed E-state index contributed by atoms with van der Waals surface area (Å²) in [6, 6.07) is 66.9. The maximum absolute atomic E-state index is 6.60. The van der Waals surface area contributed by atoms with Gasteiger partial charge in [-0.25, -0.2) is 9.97 Å². The number of nitrogens with zero attached hydrogens (tertiary/aromatic N) is 3. The number of hydrogen-bond acceptors (Lipinski definition) is 3. The van der Waals surface area contributed by atoms with Crippen LogP contribution in [0.2, 0.25) is 0 Å². The molecule has 4 nitrogen and oxygen atoms in total. The van der Waals surface area contributed by atoms with Crippen LogP contribution in [0.1, 0.15) is 25.0 Å². The van der Waals surface area contributed by atoms with Crippen molar-refractivity contribution in [1.29, 1.82) is 0 Å². The van der Waals surface area contributed by atoms with Crippen molar-refractivity contribution >= 4 is 43.7 Å². The maximum atomic E-state index is 6.60. The van der Waals surface area contributed by atoms with E-state index >= 15 is 0 Å². The molecule has 0 fully saturated rings. The highest BCUT2D eigenvalue weighted by molar-refractivity contribution is 6.16. The van der Waals surface area contributed by atoms with Gasteiger partial charge in [-0.15, -0.1) is 0 Å². The first-order chi connectivity index (χ1) is 29.0. The number of benzene rings is 8. The van der Waals surface area contributed by atoms with Crippen molar-refractivity contribution in [2.45, 2.75) is 19.3 Å². The van der Waals surface area contributed by atoms with Gasteiger partial charge in [0, 0.05) is 38.3 Å². The zero-order valence-corrected chi connectivity index (χ0v) is 32.6. The van der Waals surface area contributed by atoms with E-state index in [0.29, 0.717) is 5.82 Å². The van der Waals surface area contributed by atoms with Crippen molar-refractivity contribution < 1.29 is 4.42 Å². The van der Waals surface area contributed by atoms with E-state index in [1.807, 2.05) is 36.4 Å². The van der Waals surface area contributed by atoms with Gasteiger partial charge in [0.25, 0.3) is 0 Å². The third-order valence-electron chi connectivity index (χ3n) is 12.4. The van der Waals surface area contributed by atoms with Crippen LogP contribution in [0.25, 0.3) is 106 Å². The summed E-state index contributed by atoms with van der Waals surface area (Å²) in [4.78, 5) is 10.1. The van der Waals surface area contributed by atoms with E-state index in [1.54, 1.807) is 0 Å². The summed E-state index contributed by atoms with van der Waals surface area (Å²) in [5, 5.41) is 4.69. The fourth-order valence-corrected chi connectivity index (χ4v) is 9.50. The fourth-order valence-electron chi connectivity index (χ4n) is 9.50. The van der Waals surface area contributed by atoms with Crippen LogP contribution in [0.5, 0.6) is 0 Å². The van der Waals surface area contributed by atoms with E-state index in [-0.39, 0.29) is 5.41 Å². The van der Waals surface area contributed by atoms with Crippen molar-refractivity contribution in [3.8, 4) is 61.8 Å². The highest BCUT2D eigenvalue weighted by atomic mass is 16.3. The minimum Gasteiger partial charge on any atom is -0.456 e. The van der Waals surface area contributed by atoms with Crippen LogP contribution in [-0.2, 0) is 5.41 Å². The zero-order chi connectivity index (χ0) is 39.2. The summed E-state index contributed by atoms with van der Waals surface area (Å²) in [7, 11) is 0. The van der Waals surface area contributed by atoms with Gasteiger partial charge in [0.15, 0.2) is 5.82 Å². The van der Waals surface area contributed by atoms with E-state index in [4.69, 9.17) is 14.4 Å². The zero-order valence-electron chi connectivity index (χ0n) is 32.6. The molecule has 0 unspecified atom stereocenters. The summed E-state index contributed by atoms with van der Waals surface area (Å²) < 4.78 is 9.05. The molecular weight excluding hydrogens is 719 g/mol. The Morgan fingerprint density at radius 3 is 1.85 bits per heavy atom. The molecule has 3 heterocycles. The lowest BCUT2D eigenvalue weighted by Gasteiger charge is -2.21. The Morgan fingerprint density at radius 2 is 1.08 bits per heavy atom. The number of furan rings is 1. The molecule has 59 heavy (non-hydrogen) atoms. The Labute approximate surface area is 341 Å². The van der Waals surface area contributed by atoms with Crippen molar-refractivity contribution in [3.63, 3.8) is 0 Å². The van der Waals surface area contributed by atoms with Crippen LogP contribution in [0, 0.1) is 0 Å². The first-order valence-electron chi connectivity index (χ1n) is 20.2. The van der Waals surface area contributed by atoms with Crippen molar-refractivity contribution in [1.82, 2.24) is 14.5 Å². The molecule has 0 aliphatic heterocycles. The predicted molar refractivity (Wildman–Crippen MR) is 243 cm³/mol. The quantitative estimate of drug-likeness (QED) is 0.176. The van der Waals surface area contributed by atoms with Gasteiger partial charge in [0.2, 0.25) is 0 Å². The number of hydrogen-bond donors (Lipinski definition) is 0. The van der Waals surface area contributed by atoms with E-state index in [2.05, 4.69) is 170 Å². The molecule has 0 saturated heterocycles. The largest absolute Gasteiger partial charge is 0.456 e. The molecule has 8 aromatic carbocycles. The van der Waals surface area contributed by atoms with Gasteiger partial charge in [-0.1, -0.05) is 153 Å². The lowest BCUT2D eigenvalue weighted by atomic mass is 9.82. The van der Waals surface area contributed by atoms with Gasteiger partial charge in [-0.3, -0.25) is 0 Å². The molecule has 4 heteroatoms.